The molecular formula is C12H10Cl2N2O2. The smallest absolute Gasteiger partial charge is 0.291 e. The Morgan fingerprint density at radius 3 is 2.61 bits per heavy atom. The zero-order valence-corrected chi connectivity index (χ0v) is 11.3. The van der Waals surface area contributed by atoms with Gasteiger partial charge in [-0.1, -0.05) is 23.2 Å². The number of rotatable bonds is 2. The molecule has 2 rings (SSSR count). The van der Waals surface area contributed by atoms with Gasteiger partial charge in [-0.2, -0.15) is 0 Å². The summed E-state index contributed by atoms with van der Waals surface area (Å²) in [5.74, 6) is -0.118. The number of aromatic nitrogens is 1. The average Bonchev–Trinajstić information content (AvgIpc) is 2.69. The summed E-state index contributed by atoms with van der Waals surface area (Å²) in [6.07, 6.45) is 1.46. The highest BCUT2D eigenvalue weighted by molar-refractivity contribution is 6.35. The van der Waals surface area contributed by atoms with Gasteiger partial charge in [0.2, 0.25) is 0 Å². The van der Waals surface area contributed by atoms with Gasteiger partial charge in [0.05, 0.1) is 12.0 Å². The van der Waals surface area contributed by atoms with Crippen molar-refractivity contribution < 1.29 is 9.21 Å². The first-order valence-electron chi connectivity index (χ1n) is 5.17. The van der Waals surface area contributed by atoms with Gasteiger partial charge in [0.25, 0.3) is 5.91 Å². The van der Waals surface area contributed by atoms with E-state index in [9.17, 15) is 4.79 Å². The van der Waals surface area contributed by atoms with Crippen molar-refractivity contribution in [2.75, 3.05) is 5.32 Å². The fraction of sp³-hybridized carbons (Fsp3) is 0.167. The van der Waals surface area contributed by atoms with Gasteiger partial charge >= 0.3 is 0 Å². The first kappa shape index (κ1) is 12.9. The van der Waals surface area contributed by atoms with E-state index in [2.05, 4.69) is 10.3 Å². The second kappa shape index (κ2) is 5.00. The van der Waals surface area contributed by atoms with Crippen molar-refractivity contribution in [2.24, 2.45) is 0 Å². The zero-order valence-electron chi connectivity index (χ0n) is 9.75. The van der Waals surface area contributed by atoms with Crippen molar-refractivity contribution in [1.29, 1.82) is 0 Å². The molecule has 0 radical (unpaired) electrons. The molecule has 0 bridgehead atoms. The lowest BCUT2D eigenvalue weighted by molar-refractivity contribution is 0.0995. The summed E-state index contributed by atoms with van der Waals surface area (Å²) in [6, 6.07) is 3.33. The number of carbonyl (C=O) groups is 1. The summed E-state index contributed by atoms with van der Waals surface area (Å²) in [4.78, 5) is 15.8. The van der Waals surface area contributed by atoms with Gasteiger partial charge in [0, 0.05) is 5.56 Å². The van der Waals surface area contributed by atoms with E-state index < -0.39 is 0 Å². The number of furan rings is 1. The van der Waals surface area contributed by atoms with E-state index in [1.54, 1.807) is 26.0 Å². The summed E-state index contributed by atoms with van der Waals surface area (Å²) < 4.78 is 5.10. The molecular weight excluding hydrogens is 275 g/mol. The van der Waals surface area contributed by atoms with Gasteiger partial charge in [0.1, 0.15) is 5.15 Å². The molecule has 1 N–H and O–H groups in total. The minimum atomic E-state index is -0.369. The van der Waals surface area contributed by atoms with Crippen molar-refractivity contribution >= 4 is 34.8 Å². The predicted octanol–water partition coefficient (Wildman–Crippen LogP) is 3.85. The maximum Gasteiger partial charge on any atom is 0.291 e. The maximum atomic E-state index is 12.0. The third-order valence-electron chi connectivity index (χ3n) is 2.45. The van der Waals surface area contributed by atoms with E-state index in [0.717, 1.165) is 11.1 Å². The molecule has 0 aliphatic heterocycles. The van der Waals surface area contributed by atoms with Crippen LogP contribution in [0.15, 0.2) is 22.8 Å². The molecule has 94 valence electrons. The molecule has 0 aliphatic carbocycles. The number of pyridine rings is 1. The van der Waals surface area contributed by atoms with Crippen molar-refractivity contribution in [2.45, 2.75) is 13.8 Å². The Hall–Kier alpha value is -1.52. The van der Waals surface area contributed by atoms with Gasteiger partial charge in [-0.15, -0.1) is 0 Å². The molecule has 0 unspecified atom stereocenters. The molecule has 0 atom stereocenters. The first-order chi connectivity index (χ1) is 8.49. The Bertz CT molecular complexity index is 585. The standard InChI is InChI=1S/C12H10Cl2N2O2/c1-6-3-4-18-10(6)12(17)16-9-7(2)5-8(13)15-11(9)14/h3-5H,1-2H3,(H,16,17). The third kappa shape index (κ3) is 2.49. The van der Waals surface area contributed by atoms with Crippen LogP contribution in [-0.4, -0.2) is 10.9 Å². The number of hydrogen-bond acceptors (Lipinski definition) is 3. The summed E-state index contributed by atoms with van der Waals surface area (Å²) >= 11 is 11.7. The zero-order chi connectivity index (χ0) is 13.3. The number of nitrogens with zero attached hydrogens (tertiary/aromatic N) is 1. The van der Waals surface area contributed by atoms with E-state index in [4.69, 9.17) is 27.6 Å². The summed E-state index contributed by atoms with van der Waals surface area (Å²) in [5, 5.41) is 3.10. The van der Waals surface area contributed by atoms with Gasteiger partial charge in [-0.3, -0.25) is 4.79 Å². The lowest BCUT2D eigenvalue weighted by Crippen LogP contribution is -2.13. The molecule has 18 heavy (non-hydrogen) atoms. The third-order valence-corrected chi connectivity index (χ3v) is 2.92. The Morgan fingerprint density at radius 1 is 1.33 bits per heavy atom. The lowest BCUT2D eigenvalue weighted by atomic mass is 10.2. The van der Waals surface area contributed by atoms with Crippen molar-refractivity contribution in [3.63, 3.8) is 0 Å². The number of amides is 1. The second-order valence-electron chi connectivity index (χ2n) is 3.81. The topological polar surface area (TPSA) is 55.1 Å². The van der Waals surface area contributed by atoms with Crippen LogP contribution in [0.2, 0.25) is 10.3 Å². The monoisotopic (exact) mass is 284 g/mol. The summed E-state index contributed by atoms with van der Waals surface area (Å²) in [5.41, 5.74) is 1.92. The van der Waals surface area contributed by atoms with Crippen molar-refractivity contribution in [3.8, 4) is 0 Å². The van der Waals surface area contributed by atoms with Crippen LogP contribution in [-0.2, 0) is 0 Å². The predicted molar refractivity (Wildman–Crippen MR) is 70.4 cm³/mol. The molecule has 4 nitrogen and oxygen atoms in total. The Balaban J connectivity index is 2.31. The van der Waals surface area contributed by atoms with Crippen LogP contribution in [0.4, 0.5) is 5.69 Å². The van der Waals surface area contributed by atoms with Gasteiger partial charge < -0.3 is 9.73 Å². The molecule has 0 saturated heterocycles. The number of aryl methyl sites for hydroxylation is 2. The van der Waals surface area contributed by atoms with E-state index in [1.807, 2.05) is 0 Å². The molecule has 0 saturated carbocycles. The minimum absolute atomic E-state index is 0.151. The molecule has 0 fully saturated rings. The average molecular weight is 285 g/mol. The Morgan fingerprint density at radius 2 is 2.06 bits per heavy atom. The van der Waals surface area contributed by atoms with Crippen LogP contribution in [0.1, 0.15) is 21.7 Å². The van der Waals surface area contributed by atoms with Crippen LogP contribution in [0.3, 0.4) is 0 Å². The minimum Gasteiger partial charge on any atom is -0.459 e. The fourth-order valence-corrected chi connectivity index (χ4v) is 2.10. The van der Waals surface area contributed by atoms with Gasteiger partial charge in [-0.05, 0) is 31.5 Å². The number of halogens is 2. The molecule has 2 aromatic rings. The number of carbonyl (C=O) groups excluding carboxylic acids is 1. The molecule has 1 amide bonds. The SMILES string of the molecule is Cc1ccoc1C(=O)Nc1c(C)cc(Cl)nc1Cl. The molecule has 6 heteroatoms. The second-order valence-corrected chi connectivity index (χ2v) is 4.56. The van der Waals surface area contributed by atoms with E-state index >= 15 is 0 Å². The summed E-state index contributed by atoms with van der Waals surface area (Å²) in [7, 11) is 0. The van der Waals surface area contributed by atoms with Crippen molar-refractivity contribution in [3.05, 3.63) is 45.6 Å². The highest BCUT2D eigenvalue weighted by Gasteiger charge is 2.16. The van der Waals surface area contributed by atoms with E-state index in [1.165, 1.54) is 6.26 Å². The molecule has 2 aromatic heterocycles. The number of anilines is 1. The number of hydrogen-bond donors (Lipinski definition) is 1. The largest absolute Gasteiger partial charge is 0.459 e. The summed E-state index contributed by atoms with van der Waals surface area (Å²) in [6.45, 7) is 3.57. The van der Waals surface area contributed by atoms with E-state index in [0.29, 0.717) is 5.69 Å². The number of nitrogens with one attached hydrogen (secondary N) is 1. The Kier molecular flexibility index (Phi) is 3.59. The van der Waals surface area contributed by atoms with Crippen LogP contribution in [0, 0.1) is 13.8 Å². The normalized spacial score (nSPS) is 10.4. The highest BCUT2D eigenvalue weighted by atomic mass is 35.5. The van der Waals surface area contributed by atoms with Crippen LogP contribution in [0.25, 0.3) is 0 Å². The Labute approximate surface area is 114 Å². The van der Waals surface area contributed by atoms with Crippen LogP contribution >= 0.6 is 23.2 Å². The van der Waals surface area contributed by atoms with E-state index in [-0.39, 0.29) is 22.0 Å². The molecule has 2 heterocycles. The van der Waals surface area contributed by atoms with Crippen LogP contribution < -0.4 is 5.32 Å². The quantitative estimate of drug-likeness (QED) is 0.852. The molecule has 0 aromatic carbocycles. The highest BCUT2D eigenvalue weighted by Crippen LogP contribution is 2.27. The molecule has 0 spiro atoms. The molecule has 0 aliphatic rings. The van der Waals surface area contributed by atoms with Crippen LogP contribution in [0.5, 0.6) is 0 Å². The first-order valence-corrected chi connectivity index (χ1v) is 5.92. The fourth-order valence-electron chi connectivity index (χ4n) is 1.52. The lowest BCUT2D eigenvalue weighted by Gasteiger charge is -2.09. The van der Waals surface area contributed by atoms with Gasteiger partial charge in [-0.25, -0.2) is 4.98 Å². The van der Waals surface area contributed by atoms with Crippen molar-refractivity contribution in [1.82, 2.24) is 4.98 Å². The maximum absolute atomic E-state index is 12.0. The van der Waals surface area contributed by atoms with Gasteiger partial charge in [0.15, 0.2) is 10.9 Å².